The lowest BCUT2D eigenvalue weighted by atomic mass is 9.58. The molecular formula is C26H39FN2O3. The Kier molecular flexibility index (Phi) is 6.69. The number of likely N-dealkylation sites (tertiary alicyclic amines) is 2. The smallest absolute Gasteiger partial charge is 0.232 e. The minimum absolute atomic E-state index is 0.0334. The molecule has 0 aromatic carbocycles. The molecule has 5 aliphatic rings. The molecule has 5 rings (SSSR count). The van der Waals surface area contributed by atoms with Gasteiger partial charge in [-0.25, -0.2) is 4.39 Å². The number of imide groups is 1. The number of ketones is 1. The molecule has 5 fully saturated rings. The monoisotopic (exact) mass is 446 g/mol. The van der Waals surface area contributed by atoms with E-state index in [-0.39, 0.29) is 35.4 Å². The fourth-order valence-electron chi connectivity index (χ4n) is 7.63. The second-order valence-electron chi connectivity index (χ2n) is 11.3. The van der Waals surface area contributed by atoms with E-state index in [1.807, 2.05) is 0 Å². The van der Waals surface area contributed by atoms with E-state index in [9.17, 15) is 18.8 Å². The largest absolute Gasteiger partial charge is 0.298 e. The number of halogens is 1. The van der Waals surface area contributed by atoms with E-state index in [0.717, 1.165) is 51.6 Å². The van der Waals surface area contributed by atoms with Crippen LogP contribution in [-0.2, 0) is 14.4 Å². The number of nitrogens with zero attached hydrogens (tertiary/aromatic N) is 2. The van der Waals surface area contributed by atoms with Crippen LogP contribution in [0.25, 0.3) is 0 Å². The molecule has 32 heavy (non-hydrogen) atoms. The summed E-state index contributed by atoms with van der Waals surface area (Å²) in [6.07, 6.45) is 10.2. The number of hydrogen-bond donors (Lipinski definition) is 0. The summed E-state index contributed by atoms with van der Waals surface area (Å²) < 4.78 is 13.4. The van der Waals surface area contributed by atoms with E-state index in [4.69, 9.17) is 0 Å². The molecule has 2 aliphatic heterocycles. The molecule has 178 valence electrons. The fraction of sp³-hybridized carbons (Fsp3) is 0.885. The van der Waals surface area contributed by atoms with Crippen molar-refractivity contribution in [3.05, 3.63) is 0 Å². The molecule has 2 unspecified atom stereocenters. The molecule has 3 saturated carbocycles. The summed E-state index contributed by atoms with van der Waals surface area (Å²) in [5.41, 5.74) is 0. The first-order chi connectivity index (χ1) is 15.5. The summed E-state index contributed by atoms with van der Waals surface area (Å²) in [5, 5.41) is 0. The predicted molar refractivity (Wildman–Crippen MR) is 119 cm³/mol. The van der Waals surface area contributed by atoms with Crippen molar-refractivity contribution in [2.24, 2.45) is 35.5 Å². The van der Waals surface area contributed by atoms with Crippen LogP contribution in [0.4, 0.5) is 4.39 Å². The van der Waals surface area contributed by atoms with E-state index in [0.29, 0.717) is 56.5 Å². The lowest BCUT2D eigenvalue weighted by Gasteiger charge is -2.51. The van der Waals surface area contributed by atoms with Gasteiger partial charge in [-0.05, 0) is 82.2 Å². The summed E-state index contributed by atoms with van der Waals surface area (Å²) in [6, 6.07) is 0. The summed E-state index contributed by atoms with van der Waals surface area (Å²) in [4.78, 5) is 43.1. The van der Waals surface area contributed by atoms with E-state index in [2.05, 4.69) is 4.90 Å². The minimum atomic E-state index is -0.724. The van der Waals surface area contributed by atoms with Crippen LogP contribution in [0.15, 0.2) is 0 Å². The number of alkyl halides is 1. The number of amides is 2. The Morgan fingerprint density at radius 3 is 2.00 bits per heavy atom. The highest BCUT2D eigenvalue weighted by Crippen LogP contribution is 2.50. The highest BCUT2D eigenvalue weighted by atomic mass is 19.1. The maximum absolute atomic E-state index is 13.4. The SMILES string of the molecule is O=C(CN1CCC(CN2C(=O)C3CCCC4CCCC(C2=O)C43)CC1)C1CCC(F)CC1. The zero-order chi connectivity index (χ0) is 22.2. The second-order valence-corrected chi connectivity index (χ2v) is 11.3. The zero-order valence-electron chi connectivity index (χ0n) is 19.4. The van der Waals surface area contributed by atoms with Gasteiger partial charge in [0, 0.05) is 24.3 Å². The molecule has 0 aromatic heterocycles. The number of rotatable bonds is 5. The summed E-state index contributed by atoms with van der Waals surface area (Å²) in [5.74, 6) is 1.93. The zero-order valence-corrected chi connectivity index (χ0v) is 19.4. The first-order valence-electron chi connectivity index (χ1n) is 13.3. The first kappa shape index (κ1) is 22.5. The number of carbonyl (C=O) groups is 3. The quantitative estimate of drug-likeness (QED) is 0.599. The van der Waals surface area contributed by atoms with Crippen molar-refractivity contribution in [1.82, 2.24) is 9.80 Å². The van der Waals surface area contributed by atoms with Crippen molar-refractivity contribution in [2.45, 2.75) is 83.2 Å². The normalized spacial score (nSPS) is 39.1. The average Bonchev–Trinajstić information content (AvgIpc) is 2.81. The number of hydrogen-bond acceptors (Lipinski definition) is 4. The number of Topliss-reactive ketones (excluding diaryl/α,β-unsaturated/α-hetero) is 1. The van der Waals surface area contributed by atoms with Crippen molar-refractivity contribution in [1.29, 1.82) is 0 Å². The molecule has 0 aromatic rings. The van der Waals surface area contributed by atoms with Gasteiger partial charge in [-0.3, -0.25) is 24.2 Å². The Morgan fingerprint density at radius 1 is 0.812 bits per heavy atom. The molecule has 5 nitrogen and oxygen atoms in total. The highest BCUT2D eigenvalue weighted by Gasteiger charge is 2.53. The van der Waals surface area contributed by atoms with E-state index < -0.39 is 6.17 Å². The topological polar surface area (TPSA) is 57.7 Å². The third-order valence-electron chi connectivity index (χ3n) is 9.46. The van der Waals surface area contributed by atoms with Crippen LogP contribution in [0.2, 0.25) is 0 Å². The summed E-state index contributed by atoms with van der Waals surface area (Å²) >= 11 is 0. The summed E-state index contributed by atoms with van der Waals surface area (Å²) in [6.45, 7) is 2.75. The number of carbonyl (C=O) groups excluding carboxylic acids is 3. The van der Waals surface area contributed by atoms with Crippen molar-refractivity contribution < 1.29 is 18.8 Å². The summed E-state index contributed by atoms with van der Waals surface area (Å²) in [7, 11) is 0. The van der Waals surface area contributed by atoms with Crippen molar-refractivity contribution in [3.63, 3.8) is 0 Å². The first-order valence-corrected chi connectivity index (χ1v) is 13.3. The predicted octanol–water partition coefficient (Wildman–Crippen LogP) is 4.00. The third-order valence-corrected chi connectivity index (χ3v) is 9.46. The minimum Gasteiger partial charge on any atom is -0.298 e. The van der Waals surface area contributed by atoms with Gasteiger partial charge < -0.3 is 0 Å². The average molecular weight is 447 g/mol. The van der Waals surface area contributed by atoms with Gasteiger partial charge >= 0.3 is 0 Å². The van der Waals surface area contributed by atoms with Gasteiger partial charge in [0.05, 0.1) is 6.54 Å². The van der Waals surface area contributed by atoms with Gasteiger partial charge in [0.15, 0.2) is 0 Å². The molecule has 6 heteroatoms. The van der Waals surface area contributed by atoms with Crippen LogP contribution in [0.3, 0.4) is 0 Å². The maximum atomic E-state index is 13.4. The lowest BCUT2D eigenvalue weighted by molar-refractivity contribution is -0.167. The van der Waals surface area contributed by atoms with Gasteiger partial charge in [0.1, 0.15) is 12.0 Å². The lowest BCUT2D eigenvalue weighted by Crippen LogP contribution is -2.59. The molecule has 2 heterocycles. The molecule has 0 radical (unpaired) electrons. The van der Waals surface area contributed by atoms with Gasteiger partial charge in [-0.1, -0.05) is 25.7 Å². The van der Waals surface area contributed by atoms with Crippen LogP contribution < -0.4 is 0 Å². The van der Waals surface area contributed by atoms with Crippen molar-refractivity contribution in [2.75, 3.05) is 26.2 Å². The van der Waals surface area contributed by atoms with Crippen LogP contribution in [0.5, 0.6) is 0 Å². The molecule has 3 aliphatic carbocycles. The molecule has 2 saturated heterocycles. The highest BCUT2D eigenvalue weighted by molar-refractivity contribution is 6.00. The molecule has 0 bridgehead atoms. The molecule has 0 N–H and O–H groups in total. The van der Waals surface area contributed by atoms with Gasteiger partial charge in [-0.15, -0.1) is 0 Å². The Balaban J connectivity index is 1.13. The Hall–Kier alpha value is -1.30. The maximum Gasteiger partial charge on any atom is 0.232 e. The molecular weight excluding hydrogens is 407 g/mol. The van der Waals surface area contributed by atoms with Gasteiger partial charge in [0.2, 0.25) is 11.8 Å². The molecule has 2 atom stereocenters. The van der Waals surface area contributed by atoms with Crippen LogP contribution in [0.1, 0.15) is 77.0 Å². The van der Waals surface area contributed by atoms with Crippen molar-refractivity contribution in [3.8, 4) is 0 Å². The Labute approximate surface area is 191 Å². The Bertz CT molecular complexity index is 697. The van der Waals surface area contributed by atoms with Crippen LogP contribution in [0, 0.1) is 35.5 Å². The van der Waals surface area contributed by atoms with Gasteiger partial charge in [-0.2, -0.15) is 0 Å². The van der Waals surface area contributed by atoms with E-state index in [1.165, 1.54) is 12.8 Å². The fourth-order valence-corrected chi connectivity index (χ4v) is 7.63. The molecule has 2 amide bonds. The van der Waals surface area contributed by atoms with Crippen LogP contribution >= 0.6 is 0 Å². The number of piperidine rings is 2. The standard InChI is InChI=1S/C26H39FN2O3/c27-20-9-7-18(8-10-20)23(30)16-28-13-11-17(12-14-28)15-29-25(31)21-5-1-3-19-4-2-6-22(24(19)21)26(29)32/h17-22,24H,1-16H2. The third kappa shape index (κ3) is 4.41. The van der Waals surface area contributed by atoms with E-state index >= 15 is 0 Å². The van der Waals surface area contributed by atoms with E-state index in [1.54, 1.807) is 4.90 Å². The Morgan fingerprint density at radius 2 is 1.41 bits per heavy atom. The second kappa shape index (κ2) is 9.52. The molecule has 0 spiro atoms. The van der Waals surface area contributed by atoms with Gasteiger partial charge in [0.25, 0.3) is 0 Å². The van der Waals surface area contributed by atoms with Crippen LogP contribution in [-0.4, -0.2) is 59.7 Å². The van der Waals surface area contributed by atoms with Crippen molar-refractivity contribution >= 4 is 17.6 Å².